The van der Waals surface area contributed by atoms with Gasteiger partial charge in [-0.2, -0.15) is 0 Å². The van der Waals surface area contributed by atoms with Gasteiger partial charge in [0.05, 0.1) is 11.4 Å². The number of aromatic amines is 1. The maximum Gasteiger partial charge on any atom is 0.222 e. The highest BCUT2D eigenvalue weighted by molar-refractivity contribution is 6.30. The van der Waals surface area contributed by atoms with Crippen LogP contribution >= 0.6 is 11.6 Å². The van der Waals surface area contributed by atoms with Gasteiger partial charge in [0.2, 0.25) is 5.91 Å². The van der Waals surface area contributed by atoms with Crippen LogP contribution in [0.1, 0.15) is 43.4 Å². The first-order valence-corrected chi connectivity index (χ1v) is 10.6. The molecule has 2 aromatic heterocycles. The zero-order valence-corrected chi connectivity index (χ0v) is 18.0. The molecule has 3 aromatic rings. The first-order chi connectivity index (χ1) is 14.3. The van der Waals surface area contributed by atoms with Crippen molar-refractivity contribution < 1.29 is 4.79 Å². The summed E-state index contributed by atoms with van der Waals surface area (Å²) in [5.74, 6) is 0.904. The van der Waals surface area contributed by atoms with Crippen molar-refractivity contribution in [2.45, 2.75) is 44.7 Å². The number of halogens is 1. The fourth-order valence-electron chi connectivity index (χ4n) is 4.13. The molecule has 1 aliphatic heterocycles. The minimum atomic E-state index is -0.514. The van der Waals surface area contributed by atoms with Crippen LogP contribution in [0.4, 0.5) is 5.82 Å². The van der Waals surface area contributed by atoms with Crippen LogP contribution in [-0.2, 0) is 4.79 Å². The summed E-state index contributed by atoms with van der Waals surface area (Å²) in [5.41, 5.74) is 9.09. The predicted octanol–water partition coefficient (Wildman–Crippen LogP) is 3.48. The lowest BCUT2D eigenvalue weighted by molar-refractivity contribution is -0.123. The van der Waals surface area contributed by atoms with Gasteiger partial charge in [-0.25, -0.2) is 9.97 Å². The molecule has 7 nitrogen and oxygen atoms in total. The number of nitrogens with two attached hydrogens (primary N) is 1. The third-order valence-corrected chi connectivity index (χ3v) is 6.22. The molecule has 1 atom stereocenters. The standard InChI is InChI=1S/C22H27ClN6O/c1-14-12-25-20-19(14)21(27-13-26-20)29-9-7-22(24,8-10-29)11-18(30)28-15(2)16-3-5-17(23)6-4-16/h3-6,12-13,15H,7-11,24H2,1-2H3,(H,28,30)(H,25,26,27)/t15-/m0/s1. The number of rotatable bonds is 5. The number of hydrogen-bond acceptors (Lipinski definition) is 5. The fraction of sp³-hybridized carbons (Fsp3) is 0.409. The summed E-state index contributed by atoms with van der Waals surface area (Å²) < 4.78 is 0. The van der Waals surface area contributed by atoms with Crippen LogP contribution in [0, 0.1) is 6.92 Å². The molecule has 0 saturated carbocycles. The third-order valence-electron chi connectivity index (χ3n) is 5.97. The van der Waals surface area contributed by atoms with Gasteiger partial charge in [0.25, 0.3) is 0 Å². The van der Waals surface area contributed by atoms with Crippen LogP contribution in [0.5, 0.6) is 0 Å². The first-order valence-electron chi connectivity index (χ1n) is 10.2. The minimum Gasteiger partial charge on any atom is -0.356 e. The van der Waals surface area contributed by atoms with Crippen LogP contribution < -0.4 is 16.0 Å². The van der Waals surface area contributed by atoms with E-state index < -0.39 is 5.54 Å². The van der Waals surface area contributed by atoms with Crippen molar-refractivity contribution in [3.8, 4) is 0 Å². The van der Waals surface area contributed by atoms with Crippen LogP contribution in [-0.4, -0.2) is 39.5 Å². The van der Waals surface area contributed by atoms with E-state index in [1.54, 1.807) is 6.33 Å². The maximum absolute atomic E-state index is 12.6. The SMILES string of the molecule is Cc1c[nH]c2ncnc(N3CCC(N)(CC(=O)N[C@@H](C)c4ccc(Cl)cc4)CC3)c12. The summed E-state index contributed by atoms with van der Waals surface area (Å²) in [6, 6.07) is 7.42. The van der Waals surface area contributed by atoms with E-state index in [9.17, 15) is 4.79 Å². The Morgan fingerprint density at radius 2 is 2.00 bits per heavy atom. The van der Waals surface area contributed by atoms with Gasteiger partial charge in [0.1, 0.15) is 17.8 Å². The average Bonchev–Trinajstić information content (AvgIpc) is 3.10. The summed E-state index contributed by atoms with van der Waals surface area (Å²) in [6.45, 7) is 5.53. The van der Waals surface area contributed by atoms with Crippen molar-refractivity contribution in [3.05, 3.63) is 52.9 Å². The van der Waals surface area contributed by atoms with Crippen molar-refractivity contribution in [3.63, 3.8) is 0 Å². The highest BCUT2D eigenvalue weighted by Gasteiger charge is 2.34. The van der Waals surface area contributed by atoms with Crippen LogP contribution in [0.2, 0.25) is 5.02 Å². The number of H-pyrrole nitrogens is 1. The van der Waals surface area contributed by atoms with E-state index >= 15 is 0 Å². The number of carbonyl (C=O) groups is 1. The molecule has 0 spiro atoms. The number of anilines is 1. The summed E-state index contributed by atoms with van der Waals surface area (Å²) in [6.07, 6.45) is 5.30. The molecular formula is C22H27ClN6O. The second kappa shape index (κ2) is 8.24. The second-order valence-electron chi connectivity index (χ2n) is 8.26. The number of aromatic nitrogens is 3. The monoisotopic (exact) mass is 426 g/mol. The zero-order valence-electron chi connectivity index (χ0n) is 17.3. The Morgan fingerprint density at radius 3 is 2.70 bits per heavy atom. The third kappa shape index (κ3) is 4.27. The Kier molecular flexibility index (Phi) is 5.66. The molecule has 1 fully saturated rings. The van der Waals surface area contributed by atoms with Crippen molar-refractivity contribution in [2.75, 3.05) is 18.0 Å². The largest absolute Gasteiger partial charge is 0.356 e. The van der Waals surface area contributed by atoms with Gasteiger partial charge in [-0.3, -0.25) is 4.79 Å². The number of fused-ring (bicyclic) bond motifs is 1. The lowest BCUT2D eigenvalue weighted by Gasteiger charge is -2.39. The molecule has 4 rings (SSSR count). The molecule has 1 aromatic carbocycles. The molecule has 4 N–H and O–H groups in total. The van der Waals surface area contributed by atoms with Gasteiger partial charge in [-0.05, 0) is 49.9 Å². The van der Waals surface area contributed by atoms with Crippen molar-refractivity contribution in [2.24, 2.45) is 5.73 Å². The highest BCUT2D eigenvalue weighted by Crippen LogP contribution is 2.31. The summed E-state index contributed by atoms with van der Waals surface area (Å²) >= 11 is 5.94. The second-order valence-corrected chi connectivity index (χ2v) is 8.70. The maximum atomic E-state index is 12.6. The molecule has 8 heteroatoms. The smallest absolute Gasteiger partial charge is 0.222 e. The summed E-state index contributed by atoms with van der Waals surface area (Å²) in [5, 5.41) is 4.79. The summed E-state index contributed by atoms with van der Waals surface area (Å²) in [7, 11) is 0. The highest BCUT2D eigenvalue weighted by atomic mass is 35.5. The van der Waals surface area contributed by atoms with E-state index in [0.29, 0.717) is 11.4 Å². The van der Waals surface area contributed by atoms with Gasteiger partial charge >= 0.3 is 0 Å². The van der Waals surface area contributed by atoms with E-state index in [2.05, 4.69) is 32.1 Å². The van der Waals surface area contributed by atoms with E-state index in [0.717, 1.165) is 53.9 Å². The number of amides is 1. The predicted molar refractivity (Wildman–Crippen MR) is 120 cm³/mol. The van der Waals surface area contributed by atoms with Gasteiger partial charge in [0, 0.05) is 36.3 Å². The number of carbonyl (C=O) groups excluding carboxylic acids is 1. The van der Waals surface area contributed by atoms with E-state index in [-0.39, 0.29) is 11.9 Å². The average molecular weight is 427 g/mol. The van der Waals surface area contributed by atoms with E-state index in [1.165, 1.54) is 0 Å². The van der Waals surface area contributed by atoms with E-state index in [4.69, 9.17) is 17.3 Å². The molecule has 1 saturated heterocycles. The lowest BCUT2D eigenvalue weighted by Crippen LogP contribution is -2.53. The quantitative estimate of drug-likeness (QED) is 0.579. The minimum absolute atomic E-state index is 0.0284. The normalized spacial score (nSPS) is 17.1. The number of nitrogens with one attached hydrogen (secondary N) is 2. The first kappa shape index (κ1) is 20.6. The molecule has 1 amide bonds. The van der Waals surface area contributed by atoms with Gasteiger partial charge in [0.15, 0.2) is 0 Å². The number of nitrogens with zero attached hydrogens (tertiary/aromatic N) is 3. The Hall–Kier alpha value is -2.64. The molecule has 158 valence electrons. The van der Waals surface area contributed by atoms with E-state index in [1.807, 2.05) is 37.4 Å². The van der Waals surface area contributed by atoms with Crippen molar-refractivity contribution in [1.82, 2.24) is 20.3 Å². The van der Waals surface area contributed by atoms with Crippen LogP contribution in [0.3, 0.4) is 0 Å². The molecular weight excluding hydrogens is 400 g/mol. The Bertz CT molecular complexity index is 1040. The topological polar surface area (TPSA) is 99.9 Å². The Labute approximate surface area is 181 Å². The van der Waals surface area contributed by atoms with Crippen LogP contribution in [0.25, 0.3) is 11.0 Å². The molecule has 0 unspecified atom stereocenters. The zero-order chi connectivity index (χ0) is 21.3. The molecule has 1 aliphatic rings. The van der Waals surface area contributed by atoms with Gasteiger partial charge in [-0.1, -0.05) is 23.7 Å². The number of aryl methyl sites for hydroxylation is 1. The van der Waals surface area contributed by atoms with Gasteiger partial charge in [-0.15, -0.1) is 0 Å². The van der Waals surface area contributed by atoms with Crippen LogP contribution in [0.15, 0.2) is 36.8 Å². The Morgan fingerprint density at radius 1 is 1.30 bits per heavy atom. The fourth-order valence-corrected chi connectivity index (χ4v) is 4.25. The molecule has 30 heavy (non-hydrogen) atoms. The summed E-state index contributed by atoms with van der Waals surface area (Å²) in [4.78, 5) is 26.9. The number of piperidine rings is 1. The number of hydrogen-bond donors (Lipinski definition) is 3. The molecule has 0 radical (unpaired) electrons. The molecule has 3 heterocycles. The van der Waals surface area contributed by atoms with Gasteiger partial charge < -0.3 is 20.9 Å². The Balaban J connectivity index is 1.37. The molecule has 0 aliphatic carbocycles. The van der Waals surface area contributed by atoms with Crippen molar-refractivity contribution >= 4 is 34.4 Å². The lowest BCUT2D eigenvalue weighted by atomic mass is 9.85. The van der Waals surface area contributed by atoms with Crippen molar-refractivity contribution in [1.29, 1.82) is 0 Å². The molecule has 0 bridgehead atoms. The number of benzene rings is 1.